The van der Waals surface area contributed by atoms with Crippen molar-refractivity contribution >= 4 is 17.1 Å². The van der Waals surface area contributed by atoms with Crippen LogP contribution in [0.4, 0.5) is 22.4 Å². The first kappa shape index (κ1) is 19.2. The maximum absolute atomic E-state index is 14.3. The van der Waals surface area contributed by atoms with Crippen LogP contribution < -0.4 is 14.9 Å². The molecule has 0 aliphatic heterocycles. The van der Waals surface area contributed by atoms with E-state index in [4.69, 9.17) is 5.11 Å². The Morgan fingerprint density at radius 2 is 1.86 bits per heavy atom. The molecule has 0 bridgehead atoms. The van der Waals surface area contributed by atoms with Crippen LogP contribution in [0.15, 0.2) is 53.5 Å². The molecule has 0 aliphatic carbocycles. The van der Waals surface area contributed by atoms with Gasteiger partial charge in [0.15, 0.2) is 5.75 Å². The largest absolute Gasteiger partial charge is 0.573 e. The molecule has 0 unspecified atom stereocenters. The molecule has 0 fully saturated rings. The number of nitrogens with zero attached hydrogens (tertiary/aromatic N) is 1. The molecule has 146 valence electrons. The number of halogens is 4. The van der Waals surface area contributed by atoms with E-state index in [0.717, 1.165) is 24.4 Å². The number of carbonyl (C=O) groups is 1. The smallest absolute Gasteiger partial charge is 0.449 e. The maximum atomic E-state index is 14.3. The zero-order chi connectivity index (χ0) is 20.5. The van der Waals surface area contributed by atoms with Crippen LogP contribution in [-0.4, -0.2) is 22.2 Å². The third-order valence-electron chi connectivity index (χ3n) is 3.70. The van der Waals surface area contributed by atoms with Crippen LogP contribution in [0.5, 0.6) is 11.5 Å². The average molecular weight is 397 g/mol. The van der Waals surface area contributed by atoms with E-state index in [1.54, 1.807) is 0 Å². The van der Waals surface area contributed by atoms with E-state index in [2.05, 4.69) is 9.47 Å². The van der Waals surface area contributed by atoms with Crippen LogP contribution in [0.25, 0.3) is 10.9 Å². The summed E-state index contributed by atoms with van der Waals surface area (Å²) in [4.78, 5) is 23.1. The number of fused-ring (bicyclic) bond motifs is 1. The van der Waals surface area contributed by atoms with Crippen molar-refractivity contribution in [3.63, 3.8) is 0 Å². The number of hydrogen-bond acceptors (Lipinski definition) is 4. The van der Waals surface area contributed by atoms with Gasteiger partial charge in [0, 0.05) is 6.54 Å². The Kier molecular flexibility index (Phi) is 4.95. The fourth-order valence-electron chi connectivity index (χ4n) is 2.72. The van der Waals surface area contributed by atoms with Gasteiger partial charge in [0.05, 0.1) is 17.1 Å². The molecule has 0 radical (unpaired) electrons. The van der Waals surface area contributed by atoms with Gasteiger partial charge >= 0.3 is 12.5 Å². The SMILES string of the molecule is O=C(O)Oc1cn(Cc2cccc(OC(F)(F)F)c2)c2c(F)cccc2c1=O. The van der Waals surface area contributed by atoms with E-state index in [9.17, 15) is 27.2 Å². The van der Waals surface area contributed by atoms with E-state index in [0.29, 0.717) is 0 Å². The van der Waals surface area contributed by atoms with E-state index in [-0.39, 0.29) is 23.0 Å². The third-order valence-corrected chi connectivity index (χ3v) is 3.70. The van der Waals surface area contributed by atoms with Crippen molar-refractivity contribution < 1.29 is 36.9 Å². The summed E-state index contributed by atoms with van der Waals surface area (Å²) in [5.74, 6) is -1.80. The molecule has 0 saturated heterocycles. The predicted molar refractivity (Wildman–Crippen MR) is 89.0 cm³/mol. The van der Waals surface area contributed by atoms with Gasteiger partial charge in [-0.15, -0.1) is 13.2 Å². The van der Waals surface area contributed by atoms with Crippen LogP contribution in [0.1, 0.15) is 5.56 Å². The molecule has 28 heavy (non-hydrogen) atoms. The molecular formula is C18H11F4NO5. The summed E-state index contributed by atoms with van der Waals surface area (Å²) in [6.45, 7) is -0.178. The van der Waals surface area contributed by atoms with Crippen molar-refractivity contribution in [2.45, 2.75) is 12.9 Å². The van der Waals surface area contributed by atoms with Crippen molar-refractivity contribution in [1.29, 1.82) is 0 Å². The van der Waals surface area contributed by atoms with Gasteiger partial charge in [-0.05, 0) is 29.8 Å². The van der Waals surface area contributed by atoms with Gasteiger partial charge in [-0.25, -0.2) is 9.18 Å². The summed E-state index contributed by atoms with van der Waals surface area (Å²) in [6, 6.07) is 8.62. The minimum atomic E-state index is -4.88. The molecular weight excluding hydrogens is 386 g/mol. The molecule has 0 saturated carbocycles. The average Bonchev–Trinajstić information content (AvgIpc) is 2.57. The van der Waals surface area contributed by atoms with E-state index >= 15 is 0 Å². The highest BCUT2D eigenvalue weighted by molar-refractivity contribution is 5.81. The molecule has 3 aromatic rings. The first-order valence-electron chi connectivity index (χ1n) is 7.71. The summed E-state index contributed by atoms with van der Waals surface area (Å²) in [7, 11) is 0. The molecule has 0 spiro atoms. The second-order valence-corrected chi connectivity index (χ2v) is 5.65. The lowest BCUT2D eigenvalue weighted by Gasteiger charge is -2.15. The Hall–Kier alpha value is -3.56. The minimum absolute atomic E-state index is 0.138. The molecule has 1 N–H and O–H groups in total. The minimum Gasteiger partial charge on any atom is -0.449 e. The number of carboxylic acid groups (broad SMARTS) is 1. The van der Waals surface area contributed by atoms with E-state index in [1.807, 2.05) is 0 Å². The molecule has 1 aromatic heterocycles. The van der Waals surface area contributed by atoms with Crippen molar-refractivity contribution in [2.24, 2.45) is 0 Å². The second kappa shape index (κ2) is 7.22. The number of hydrogen-bond donors (Lipinski definition) is 1. The quantitative estimate of drug-likeness (QED) is 0.529. The number of aromatic nitrogens is 1. The molecule has 3 rings (SSSR count). The molecule has 0 atom stereocenters. The fraction of sp³-hybridized carbons (Fsp3) is 0.111. The van der Waals surface area contributed by atoms with Crippen LogP contribution in [0.3, 0.4) is 0 Å². The lowest BCUT2D eigenvalue weighted by molar-refractivity contribution is -0.274. The van der Waals surface area contributed by atoms with Gasteiger partial charge < -0.3 is 19.1 Å². The molecule has 6 nitrogen and oxygen atoms in total. The zero-order valence-corrected chi connectivity index (χ0v) is 13.9. The normalized spacial score (nSPS) is 11.4. The lowest BCUT2D eigenvalue weighted by atomic mass is 10.1. The van der Waals surface area contributed by atoms with E-state index in [1.165, 1.54) is 28.8 Å². The topological polar surface area (TPSA) is 77.8 Å². The summed E-state index contributed by atoms with van der Waals surface area (Å²) in [5, 5.41) is 8.64. The monoisotopic (exact) mass is 397 g/mol. The summed E-state index contributed by atoms with van der Waals surface area (Å²) in [6.07, 6.45) is -5.63. The number of alkyl halides is 3. The first-order chi connectivity index (χ1) is 13.1. The molecule has 0 aliphatic rings. The van der Waals surface area contributed by atoms with Crippen LogP contribution in [0.2, 0.25) is 0 Å². The maximum Gasteiger partial charge on any atom is 0.573 e. The number of rotatable bonds is 4. The highest BCUT2D eigenvalue weighted by atomic mass is 19.4. The van der Waals surface area contributed by atoms with Crippen molar-refractivity contribution in [2.75, 3.05) is 0 Å². The van der Waals surface area contributed by atoms with Gasteiger partial charge in [-0.2, -0.15) is 0 Å². The van der Waals surface area contributed by atoms with E-state index < -0.39 is 35.3 Å². The standard InChI is InChI=1S/C18H11F4NO5/c19-13-6-2-5-12-15(13)23(9-14(16(12)24)27-17(25)26)8-10-3-1-4-11(7-10)28-18(20,21)22/h1-7,9H,8H2,(H,25,26). The zero-order valence-electron chi connectivity index (χ0n) is 13.9. The number of ether oxygens (including phenoxy) is 2. The molecule has 2 aromatic carbocycles. The van der Waals surface area contributed by atoms with Crippen molar-refractivity contribution in [3.05, 3.63) is 70.3 Å². The first-order valence-corrected chi connectivity index (χ1v) is 7.71. The van der Waals surface area contributed by atoms with Gasteiger partial charge in [0.2, 0.25) is 5.43 Å². The third kappa shape index (κ3) is 4.22. The van der Waals surface area contributed by atoms with Gasteiger partial charge in [0.1, 0.15) is 11.6 Å². The Morgan fingerprint density at radius 3 is 2.54 bits per heavy atom. The van der Waals surface area contributed by atoms with Gasteiger partial charge in [-0.1, -0.05) is 18.2 Å². The summed E-state index contributed by atoms with van der Waals surface area (Å²) >= 11 is 0. The highest BCUT2D eigenvalue weighted by Crippen LogP contribution is 2.25. The van der Waals surface area contributed by atoms with Crippen LogP contribution >= 0.6 is 0 Å². The molecule has 10 heteroatoms. The second-order valence-electron chi connectivity index (χ2n) is 5.65. The van der Waals surface area contributed by atoms with Crippen molar-refractivity contribution in [3.8, 4) is 11.5 Å². The number of benzene rings is 2. The molecule has 0 amide bonds. The predicted octanol–water partition coefficient (Wildman–Crippen LogP) is 4.14. The Morgan fingerprint density at radius 1 is 1.14 bits per heavy atom. The Balaban J connectivity index is 2.10. The van der Waals surface area contributed by atoms with Gasteiger partial charge in [-0.3, -0.25) is 4.79 Å². The highest BCUT2D eigenvalue weighted by Gasteiger charge is 2.31. The van der Waals surface area contributed by atoms with Crippen LogP contribution in [-0.2, 0) is 6.54 Å². The molecule has 1 heterocycles. The summed E-state index contributed by atoms with van der Waals surface area (Å²) < 4.78 is 61.0. The Labute approximate surface area is 154 Å². The number of pyridine rings is 1. The van der Waals surface area contributed by atoms with Gasteiger partial charge in [0.25, 0.3) is 0 Å². The number of para-hydroxylation sites is 1. The van der Waals surface area contributed by atoms with Crippen molar-refractivity contribution in [1.82, 2.24) is 4.57 Å². The summed E-state index contributed by atoms with van der Waals surface area (Å²) in [5.41, 5.74) is -0.689. The fourth-order valence-corrected chi connectivity index (χ4v) is 2.72. The Bertz CT molecular complexity index is 1110. The van der Waals surface area contributed by atoms with Crippen LogP contribution in [0, 0.1) is 5.82 Å². The lowest BCUT2D eigenvalue weighted by Crippen LogP contribution is -2.18.